The van der Waals surface area contributed by atoms with Gasteiger partial charge in [0.25, 0.3) is 0 Å². The molecule has 1 amide bonds. The molecular weight excluding hydrogens is 238 g/mol. The zero-order valence-electron chi connectivity index (χ0n) is 10.3. The number of halogens is 2. The molecular formula is C13H18F2N2O. The van der Waals surface area contributed by atoms with Crippen molar-refractivity contribution in [3.05, 3.63) is 0 Å². The molecule has 0 aliphatic heterocycles. The second-order valence-electron chi connectivity index (χ2n) is 5.54. The van der Waals surface area contributed by atoms with Gasteiger partial charge in [-0.1, -0.05) is 0 Å². The van der Waals surface area contributed by atoms with Crippen LogP contribution in [0, 0.1) is 17.2 Å². The Kier molecular flexibility index (Phi) is 3.56. The molecule has 1 atom stereocenters. The predicted molar refractivity (Wildman–Crippen MR) is 61.9 cm³/mol. The molecule has 1 unspecified atom stereocenters. The van der Waals surface area contributed by atoms with Crippen LogP contribution in [0.4, 0.5) is 8.78 Å². The molecule has 100 valence electrons. The minimum absolute atomic E-state index is 0.125. The highest BCUT2D eigenvalue weighted by Crippen LogP contribution is 2.37. The van der Waals surface area contributed by atoms with Gasteiger partial charge in [0.05, 0.1) is 6.07 Å². The molecule has 18 heavy (non-hydrogen) atoms. The maximum atomic E-state index is 13.3. The van der Waals surface area contributed by atoms with Crippen molar-refractivity contribution in [1.82, 2.24) is 5.32 Å². The van der Waals surface area contributed by atoms with Crippen LogP contribution in [0.5, 0.6) is 0 Å². The van der Waals surface area contributed by atoms with Gasteiger partial charge in [0, 0.05) is 18.8 Å². The number of carbonyl (C=O) groups is 1. The number of nitriles is 1. The maximum Gasteiger partial charge on any atom is 0.248 e. The Bertz CT molecular complexity index is 370. The minimum atomic E-state index is -2.73. The highest BCUT2D eigenvalue weighted by molar-refractivity contribution is 5.80. The van der Waals surface area contributed by atoms with Gasteiger partial charge < -0.3 is 5.32 Å². The van der Waals surface area contributed by atoms with Crippen molar-refractivity contribution < 1.29 is 13.6 Å². The van der Waals surface area contributed by atoms with E-state index in [2.05, 4.69) is 11.4 Å². The van der Waals surface area contributed by atoms with Crippen LogP contribution in [0.3, 0.4) is 0 Å². The van der Waals surface area contributed by atoms with Crippen molar-refractivity contribution in [1.29, 1.82) is 5.26 Å². The molecule has 5 heteroatoms. The summed E-state index contributed by atoms with van der Waals surface area (Å²) in [5, 5.41) is 11.9. The normalized spacial score (nSPS) is 29.5. The molecule has 2 fully saturated rings. The Balaban J connectivity index is 1.97. The second-order valence-corrected chi connectivity index (χ2v) is 5.54. The van der Waals surface area contributed by atoms with E-state index >= 15 is 0 Å². The van der Waals surface area contributed by atoms with Crippen molar-refractivity contribution in [2.75, 3.05) is 0 Å². The summed E-state index contributed by atoms with van der Waals surface area (Å²) < 4.78 is 26.5. The average Bonchev–Trinajstić information content (AvgIpc) is 2.77. The summed E-state index contributed by atoms with van der Waals surface area (Å²) in [6.07, 6.45) is 3.48. The average molecular weight is 256 g/mol. The van der Waals surface area contributed by atoms with Crippen molar-refractivity contribution in [2.45, 2.75) is 62.8 Å². The summed E-state index contributed by atoms with van der Waals surface area (Å²) in [5.74, 6) is -3.73. The fraction of sp³-hybridized carbons (Fsp3) is 0.846. The lowest BCUT2D eigenvalue weighted by atomic mass is 9.85. The Morgan fingerprint density at radius 2 is 1.89 bits per heavy atom. The van der Waals surface area contributed by atoms with Crippen LogP contribution in [0.2, 0.25) is 0 Å². The van der Waals surface area contributed by atoms with E-state index < -0.39 is 17.4 Å². The van der Waals surface area contributed by atoms with E-state index in [4.69, 9.17) is 5.26 Å². The molecule has 0 saturated heterocycles. The quantitative estimate of drug-likeness (QED) is 0.826. The van der Waals surface area contributed by atoms with Gasteiger partial charge in [-0.15, -0.1) is 0 Å². The van der Waals surface area contributed by atoms with Gasteiger partial charge in [0.2, 0.25) is 11.8 Å². The van der Waals surface area contributed by atoms with Gasteiger partial charge in [-0.05, 0) is 38.5 Å². The van der Waals surface area contributed by atoms with Crippen LogP contribution in [0.15, 0.2) is 0 Å². The first kappa shape index (κ1) is 13.3. The van der Waals surface area contributed by atoms with Crippen molar-refractivity contribution in [2.24, 2.45) is 5.92 Å². The zero-order valence-corrected chi connectivity index (χ0v) is 10.3. The number of carbonyl (C=O) groups excluding carboxylic acids is 1. The van der Waals surface area contributed by atoms with E-state index in [1.807, 2.05) is 0 Å². The number of hydrogen-bond donors (Lipinski definition) is 1. The first-order chi connectivity index (χ1) is 8.46. The van der Waals surface area contributed by atoms with Crippen LogP contribution < -0.4 is 5.32 Å². The first-order valence-corrected chi connectivity index (χ1v) is 6.58. The summed E-state index contributed by atoms with van der Waals surface area (Å²) in [5.41, 5.74) is -0.802. The van der Waals surface area contributed by atoms with Gasteiger partial charge in [-0.3, -0.25) is 4.79 Å². The minimum Gasteiger partial charge on any atom is -0.338 e. The summed E-state index contributed by atoms with van der Waals surface area (Å²) in [6.45, 7) is 0. The molecule has 0 radical (unpaired) electrons. The highest BCUT2D eigenvalue weighted by Gasteiger charge is 2.42. The molecule has 2 aliphatic rings. The second kappa shape index (κ2) is 4.83. The smallest absolute Gasteiger partial charge is 0.248 e. The lowest BCUT2D eigenvalue weighted by Crippen LogP contribution is -2.49. The molecule has 3 nitrogen and oxygen atoms in total. The molecule has 2 saturated carbocycles. The lowest BCUT2D eigenvalue weighted by molar-refractivity contribution is -0.133. The van der Waals surface area contributed by atoms with E-state index in [1.165, 1.54) is 0 Å². The SMILES string of the molecule is N#CC1(NC(=O)C2CCCC(F)(F)C2)CCCC1. The number of nitrogens with one attached hydrogen (secondary N) is 1. The summed E-state index contributed by atoms with van der Waals surface area (Å²) in [7, 11) is 0. The fourth-order valence-electron chi connectivity index (χ4n) is 2.98. The molecule has 0 bridgehead atoms. The lowest BCUT2D eigenvalue weighted by Gasteiger charge is -2.31. The predicted octanol–water partition coefficient (Wildman–Crippen LogP) is 2.76. The van der Waals surface area contributed by atoms with E-state index in [-0.39, 0.29) is 18.7 Å². The molecule has 0 aromatic carbocycles. The third-order valence-corrected chi connectivity index (χ3v) is 4.04. The van der Waals surface area contributed by atoms with Gasteiger partial charge in [0.15, 0.2) is 0 Å². The van der Waals surface area contributed by atoms with Crippen LogP contribution >= 0.6 is 0 Å². The first-order valence-electron chi connectivity index (χ1n) is 6.58. The standard InChI is InChI=1S/C13H18F2N2O/c14-13(15)7-3-4-10(8-13)11(18)17-12(9-16)5-1-2-6-12/h10H,1-8H2,(H,17,18). The topological polar surface area (TPSA) is 52.9 Å². The summed E-state index contributed by atoms with van der Waals surface area (Å²) in [4.78, 5) is 12.0. The third kappa shape index (κ3) is 2.80. The Morgan fingerprint density at radius 3 is 2.44 bits per heavy atom. The van der Waals surface area contributed by atoms with E-state index in [1.54, 1.807) is 0 Å². The van der Waals surface area contributed by atoms with E-state index in [0.29, 0.717) is 25.7 Å². The number of amides is 1. The van der Waals surface area contributed by atoms with Crippen molar-refractivity contribution >= 4 is 5.91 Å². The van der Waals surface area contributed by atoms with Gasteiger partial charge in [-0.25, -0.2) is 8.78 Å². The molecule has 0 aromatic rings. The van der Waals surface area contributed by atoms with E-state index in [9.17, 15) is 13.6 Å². The van der Waals surface area contributed by atoms with Gasteiger partial charge in [0.1, 0.15) is 5.54 Å². The van der Waals surface area contributed by atoms with Crippen LogP contribution in [0.1, 0.15) is 51.4 Å². The molecule has 2 rings (SSSR count). The summed E-state index contributed by atoms with van der Waals surface area (Å²) in [6, 6.07) is 2.15. The number of nitrogens with zero attached hydrogens (tertiary/aromatic N) is 1. The number of rotatable bonds is 2. The molecule has 0 aromatic heterocycles. The van der Waals surface area contributed by atoms with Gasteiger partial charge >= 0.3 is 0 Å². The molecule has 2 aliphatic carbocycles. The summed E-state index contributed by atoms with van der Waals surface area (Å²) >= 11 is 0. The van der Waals surface area contributed by atoms with E-state index in [0.717, 1.165) is 12.8 Å². The molecule has 1 N–H and O–H groups in total. The monoisotopic (exact) mass is 256 g/mol. The number of hydrogen-bond acceptors (Lipinski definition) is 2. The fourth-order valence-corrected chi connectivity index (χ4v) is 2.98. The Labute approximate surface area is 106 Å². The number of alkyl halides is 2. The van der Waals surface area contributed by atoms with Crippen molar-refractivity contribution in [3.8, 4) is 6.07 Å². The van der Waals surface area contributed by atoms with Crippen molar-refractivity contribution in [3.63, 3.8) is 0 Å². The maximum absolute atomic E-state index is 13.3. The molecule has 0 spiro atoms. The van der Waals surface area contributed by atoms with Crippen LogP contribution in [-0.4, -0.2) is 17.4 Å². The third-order valence-electron chi connectivity index (χ3n) is 4.04. The Morgan fingerprint density at radius 1 is 1.22 bits per heavy atom. The Hall–Kier alpha value is -1.18. The van der Waals surface area contributed by atoms with Gasteiger partial charge in [-0.2, -0.15) is 5.26 Å². The molecule has 0 heterocycles. The largest absolute Gasteiger partial charge is 0.338 e. The van der Waals surface area contributed by atoms with Crippen LogP contribution in [0.25, 0.3) is 0 Å². The zero-order chi connectivity index (χ0) is 13.2. The van der Waals surface area contributed by atoms with Crippen LogP contribution in [-0.2, 0) is 4.79 Å². The highest BCUT2D eigenvalue weighted by atomic mass is 19.3.